The Balaban J connectivity index is 1.93. The predicted octanol–water partition coefficient (Wildman–Crippen LogP) is 5.30. The molecule has 0 fully saturated rings. The summed E-state index contributed by atoms with van der Waals surface area (Å²) in [5, 5.41) is 5.70. The van der Waals surface area contributed by atoms with Crippen LogP contribution in [-0.2, 0) is 0 Å². The number of aromatic nitrogens is 2. The van der Waals surface area contributed by atoms with Crippen LogP contribution in [0.3, 0.4) is 0 Å². The van der Waals surface area contributed by atoms with Gasteiger partial charge in [-0.1, -0.05) is 36.3 Å². The molecule has 0 radical (unpaired) electrons. The Morgan fingerprint density at radius 2 is 1.80 bits per heavy atom. The van der Waals surface area contributed by atoms with E-state index in [1.54, 1.807) is 48.5 Å². The van der Waals surface area contributed by atoms with E-state index in [1.165, 1.54) is 11.9 Å². The molecule has 154 valence electrons. The number of anilines is 1. The predicted molar refractivity (Wildman–Crippen MR) is 106 cm³/mol. The number of nitrogens with one attached hydrogen (secondary N) is 1. The molecule has 0 saturated carbocycles. The molecule has 1 aromatic heterocycles. The molecule has 4 nitrogen and oxygen atoms in total. The molecule has 2 aromatic carbocycles. The highest BCUT2D eigenvalue weighted by Crippen LogP contribution is 2.32. The van der Waals surface area contributed by atoms with E-state index in [9.17, 15) is 22.4 Å². The summed E-state index contributed by atoms with van der Waals surface area (Å²) in [4.78, 5) is 14.1. The largest absolute Gasteiger partial charge is 0.311 e. The smallest absolute Gasteiger partial charge is 0.305 e. The van der Waals surface area contributed by atoms with Crippen LogP contribution >= 0.6 is 0 Å². The molecular formula is C22H17F4N3O. The zero-order valence-electron chi connectivity index (χ0n) is 16.1. The Kier molecular flexibility index (Phi) is 5.92. The lowest BCUT2D eigenvalue weighted by Gasteiger charge is -2.21. The van der Waals surface area contributed by atoms with Crippen LogP contribution in [0.15, 0.2) is 54.7 Å². The summed E-state index contributed by atoms with van der Waals surface area (Å²) in [5.74, 6) is 0.549. The monoisotopic (exact) mass is 415 g/mol. The van der Waals surface area contributed by atoms with Gasteiger partial charge in [-0.05, 0) is 29.7 Å². The van der Waals surface area contributed by atoms with Gasteiger partial charge in [0.2, 0.25) is 0 Å². The molecule has 1 N–H and O–H groups in total. The van der Waals surface area contributed by atoms with Gasteiger partial charge in [0.1, 0.15) is 5.69 Å². The molecule has 0 spiro atoms. The molecule has 30 heavy (non-hydrogen) atoms. The molecule has 0 unspecified atom stereocenters. The van der Waals surface area contributed by atoms with Crippen LogP contribution in [0.5, 0.6) is 0 Å². The number of para-hydroxylation sites is 1. The van der Waals surface area contributed by atoms with Crippen LogP contribution in [0.1, 0.15) is 35.0 Å². The number of carbonyl (C=O) groups is 1. The van der Waals surface area contributed by atoms with E-state index in [2.05, 4.69) is 16.1 Å². The molecule has 0 aliphatic rings. The lowest BCUT2D eigenvalue weighted by Crippen LogP contribution is -2.27. The van der Waals surface area contributed by atoms with Gasteiger partial charge in [-0.3, -0.25) is 9.89 Å². The summed E-state index contributed by atoms with van der Waals surface area (Å²) in [5.41, 5.74) is 1.52. The first kappa shape index (κ1) is 21.1. The first-order chi connectivity index (χ1) is 14.2. The number of halogens is 4. The molecule has 3 rings (SSSR count). The zero-order valence-corrected chi connectivity index (χ0v) is 16.1. The van der Waals surface area contributed by atoms with Gasteiger partial charge in [-0.25, -0.2) is 8.78 Å². The van der Waals surface area contributed by atoms with Crippen molar-refractivity contribution in [2.24, 2.45) is 0 Å². The minimum absolute atomic E-state index is 0.214. The fraction of sp³-hybridized carbons (Fsp3) is 0.182. The first-order valence-electron chi connectivity index (χ1n) is 8.87. The van der Waals surface area contributed by atoms with Gasteiger partial charge >= 0.3 is 5.92 Å². The number of hydrogen-bond donors (Lipinski definition) is 1. The number of H-pyrrole nitrogens is 1. The van der Waals surface area contributed by atoms with Crippen LogP contribution in [0.4, 0.5) is 23.2 Å². The van der Waals surface area contributed by atoms with Crippen LogP contribution in [0.2, 0.25) is 0 Å². The molecule has 3 aromatic rings. The summed E-state index contributed by atoms with van der Waals surface area (Å²) in [6.07, 6.45) is -1.79. The lowest BCUT2D eigenvalue weighted by molar-refractivity contribution is 0.0888. The van der Waals surface area contributed by atoms with Gasteiger partial charge in [0.05, 0.1) is 17.4 Å². The Labute approximate surface area is 170 Å². The summed E-state index contributed by atoms with van der Waals surface area (Å²) in [7, 11) is 1.48. The fourth-order valence-electron chi connectivity index (χ4n) is 2.85. The quantitative estimate of drug-likeness (QED) is 0.465. The molecule has 1 heterocycles. The average molecular weight is 415 g/mol. The van der Waals surface area contributed by atoms with Crippen molar-refractivity contribution >= 4 is 11.6 Å². The maximum atomic E-state index is 13.1. The second-order valence-corrected chi connectivity index (χ2v) is 6.60. The second-order valence-electron chi connectivity index (χ2n) is 6.60. The zero-order chi connectivity index (χ0) is 21.9. The topological polar surface area (TPSA) is 49.0 Å². The maximum Gasteiger partial charge on any atom is 0.305 e. The third-order valence-electron chi connectivity index (χ3n) is 4.31. The molecule has 0 aliphatic heterocycles. The van der Waals surface area contributed by atoms with E-state index < -0.39 is 23.9 Å². The SMILES string of the molecule is CN(C(=O)c1cn[nH]c1C(F)F)c1ccccc1-c1ccc(C#CC(C)(F)F)cc1. The van der Waals surface area contributed by atoms with Crippen LogP contribution in [0, 0.1) is 11.8 Å². The van der Waals surface area contributed by atoms with Crippen molar-refractivity contribution in [2.75, 3.05) is 11.9 Å². The van der Waals surface area contributed by atoms with E-state index in [0.717, 1.165) is 13.1 Å². The number of aromatic amines is 1. The van der Waals surface area contributed by atoms with Gasteiger partial charge in [-0.15, -0.1) is 0 Å². The van der Waals surface area contributed by atoms with Gasteiger partial charge in [0.15, 0.2) is 0 Å². The van der Waals surface area contributed by atoms with Crippen LogP contribution in [0.25, 0.3) is 11.1 Å². The Morgan fingerprint density at radius 1 is 1.13 bits per heavy atom. The van der Waals surface area contributed by atoms with Crippen LogP contribution < -0.4 is 4.90 Å². The van der Waals surface area contributed by atoms with Gasteiger partial charge in [-0.2, -0.15) is 13.9 Å². The summed E-state index contributed by atoms with van der Waals surface area (Å²) in [6.45, 7) is 0.719. The molecular weight excluding hydrogens is 398 g/mol. The fourth-order valence-corrected chi connectivity index (χ4v) is 2.85. The number of carbonyl (C=O) groups excluding carboxylic acids is 1. The standard InChI is InChI=1S/C22H17F4N3O/c1-22(25,26)12-11-14-7-9-15(10-8-14)16-5-3-4-6-18(16)29(2)21(30)17-13-27-28-19(17)20(23)24/h3-10,13,20H,1-2H3,(H,27,28). The van der Waals surface area contributed by atoms with Crippen molar-refractivity contribution in [1.29, 1.82) is 0 Å². The number of benzene rings is 2. The van der Waals surface area contributed by atoms with E-state index >= 15 is 0 Å². The van der Waals surface area contributed by atoms with Crippen molar-refractivity contribution in [3.63, 3.8) is 0 Å². The molecule has 0 saturated heterocycles. The average Bonchev–Trinajstić information content (AvgIpc) is 3.21. The first-order valence-corrected chi connectivity index (χ1v) is 8.87. The van der Waals surface area contributed by atoms with Crippen molar-refractivity contribution in [1.82, 2.24) is 10.2 Å². The van der Waals surface area contributed by atoms with E-state index in [4.69, 9.17) is 0 Å². The number of alkyl halides is 4. The number of rotatable bonds is 4. The van der Waals surface area contributed by atoms with Crippen molar-refractivity contribution in [2.45, 2.75) is 19.3 Å². The summed E-state index contributed by atoms with van der Waals surface area (Å²) in [6, 6.07) is 13.5. The van der Waals surface area contributed by atoms with E-state index in [1.807, 2.05) is 5.92 Å². The molecule has 0 atom stereocenters. The molecule has 0 bridgehead atoms. The second kappa shape index (κ2) is 8.41. The van der Waals surface area contributed by atoms with Crippen molar-refractivity contribution < 1.29 is 22.4 Å². The minimum atomic E-state index is -3.08. The Morgan fingerprint density at radius 3 is 2.43 bits per heavy atom. The highest BCUT2D eigenvalue weighted by molar-refractivity contribution is 6.08. The third kappa shape index (κ3) is 4.69. The van der Waals surface area contributed by atoms with Gasteiger partial charge in [0, 0.05) is 25.1 Å². The van der Waals surface area contributed by atoms with Gasteiger partial charge < -0.3 is 4.90 Å². The Hall–Kier alpha value is -3.60. The van der Waals surface area contributed by atoms with E-state index in [0.29, 0.717) is 22.4 Å². The summed E-state index contributed by atoms with van der Waals surface area (Å²) >= 11 is 0. The molecule has 8 heteroatoms. The minimum Gasteiger partial charge on any atom is -0.311 e. The Bertz CT molecular complexity index is 1110. The number of hydrogen-bond acceptors (Lipinski definition) is 2. The summed E-state index contributed by atoms with van der Waals surface area (Å²) < 4.78 is 52.0. The highest BCUT2D eigenvalue weighted by Gasteiger charge is 2.25. The molecule has 0 aliphatic carbocycles. The number of nitrogens with zero attached hydrogens (tertiary/aromatic N) is 2. The van der Waals surface area contributed by atoms with Crippen LogP contribution in [-0.4, -0.2) is 29.1 Å². The third-order valence-corrected chi connectivity index (χ3v) is 4.31. The van der Waals surface area contributed by atoms with Crippen molar-refractivity contribution in [3.05, 3.63) is 71.5 Å². The normalized spacial score (nSPS) is 11.2. The maximum absolute atomic E-state index is 13.1. The van der Waals surface area contributed by atoms with Crippen molar-refractivity contribution in [3.8, 4) is 23.0 Å². The molecule has 1 amide bonds. The lowest BCUT2D eigenvalue weighted by atomic mass is 10.0. The van der Waals surface area contributed by atoms with Gasteiger partial charge in [0.25, 0.3) is 12.3 Å². The highest BCUT2D eigenvalue weighted by atomic mass is 19.3. The number of amides is 1. The van der Waals surface area contributed by atoms with E-state index in [-0.39, 0.29) is 5.56 Å².